The van der Waals surface area contributed by atoms with Crippen LogP contribution in [-0.2, 0) is 11.3 Å². The van der Waals surface area contributed by atoms with Gasteiger partial charge >= 0.3 is 5.97 Å². The van der Waals surface area contributed by atoms with Gasteiger partial charge in [0.15, 0.2) is 5.76 Å². The number of ether oxygens (including phenoxy) is 1. The summed E-state index contributed by atoms with van der Waals surface area (Å²) in [6, 6.07) is 10.6. The molecule has 0 atom stereocenters. The number of carbonyl (C=O) groups excluding carboxylic acids is 1. The molecule has 2 aromatic heterocycles. The zero-order valence-corrected chi connectivity index (χ0v) is 13.4. The van der Waals surface area contributed by atoms with Crippen LogP contribution in [-0.4, -0.2) is 11.1 Å². The average molecular weight is 332 g/mol. The molecule has 5 nitrogen and oxygen atoms in total. The maximum Gasteiger partial charge on any atom is 0.342 e. The molecule has 0 unspecified atom stereocenters. The van der Waals surface area contributed by atoms with Crippen molar-refractivity contribution in [2.75, 3.05) is 0 Å². The second kappa shape index (κ2) is 6.30. The van der Waals surface area contributed by atoms with Crippen molar-refractivity contribution < 1.29 is 18.5 Å². The standard InChI is InChI=1S/C17H14ClNO4/c1-10-7-15(11(2)22-10)17(20)21-9-14-8-16(23-19-14)12-3-5-13(18)6-4-12/h3-8H,9H2,1-2H3. The van der Waals surface area contributed by atoms with Crippen molar-refractivity contribution in [1.29, 1.82) is 0 Å². The Kier molecular flexibility index (Phi) is 4.21. The highest BCUT2D eigenvalue weighted by Gasteiger charge is 2.16. The van der Waals surface area contributed by atoms with E-state index < -0.39 is 5.97 Å². The van der Waals surface area contributed by atoms with Crippen LogP contribution in [0.15, 0.2) is 45.3 Å². The van der Waals surface area contributed by atoms with E-state index in [0.29, 0.717) is 33.6 Å². The zero-order valence-electron chi connectivity index (χ0n) is 12.6. The first-order valence-electron chi connectivity index (χ1n) is 6.98. The van der Waals surface area contributed by atoms with Gasteiger partial charge in [-0.1, -0.05) is 16.8 Å². The van der Waals surface area contributed by atoms with Gasteiger partial charge in [0.1, 0.15) is 29.4 Å². The number of hydrogen-bond acceptors (Lipinski definition) is 5. The minimum absolute atomic E-state index is 0.0274. The molecule has 0 aliphatic rings. The Morgan fingerprint density at radius 1 is 1.22 bits per heavy atom. The van der Waals surface area contributed by atoms with Crippen LogP contribution < -0.4 is 0 Å². The third-order valence-electron chi connectivity index (χ3n) is 3.30. The Labute approximate surface area is 137 Å². The summed E-state index contributed by atoms with van der Waals surface area (Å²) in [7, 11) is 0. The van der Waals surface area contributed by atoms with Gasteiger partial charge in [0.2, 0.25) is 0 Å². The minimum atomic E-state index is -0.449. The third-order valence-corrected chi connectivity index (χ3v) is 3.55. The lowest BCUT2D eigenvalue weighted by Gasteiger charge is -2.00. The molecule has 0 bridgehead atoms. The summed E-state index contributed by atoms with van der Waals surface area (Å²) in [6.45, 7) is 3.53. The van der Waals surface area contributed by atoms with E-state index in [1.54, 1.807) is 38.1 Å². The summed E-state index contributed by atoms with van der Waals surface area (Å²) in [5, 5.41) is 4.55. The molecule has 0 spiro atoms. The smallest absolute Gasteiger partial charge is 0.342 e. The summed E-state index contributed by atoms with van der Waals surface area (Å²) in [4.78, 5) is 12.0. The number of nitrogens with zero attached hydrogens (tertiary/aromatic N) is 1. The summed E-state index contributed by atoms with van der Waals surface area (Å²) in [5.74, 6) is 1.34. The van der Waals surface area contributed by atoms with Crippen LogP contribution in [0.25, 0.3) is 11.3 Å². The van der Waals surface area contributed by atoms with Crippen molar-refractivity contribution >= 4 is 17.6 Å². The Morgan fingerprint density at radius 2 is 1.96 bits per heavy atom. The molecule has 0 saturated heterocycles. The Hall–Kier alpha value is -2.53. The number of aromatic nitrogens is 1. The summed E-state index contributed by atoms with van der Waals surface area (Å²) < 4.78 is 15.8. The summed E-state index contributed by atoms with van der Waals surface area (Å²) in [6.07, 6.45) is 0. The number of rotatable bonds is 4. The molecule has 118 valence electrons. The van der Waals surface area contributed by atoms with E-state index in [9.17, 15) is 4.79 Å². The van der Waals surface area contributed by atoms with Gasteiger partial charge in [-0.15, -0.1) is 0 Å². The Balaban J connectivity index is 1.66. The zero-order chi connectivity index (χ0) is 16.4. The predicted octanol–water partition coefficient (Wildman–Crippen LogP) is 4.56. The summed E-state index contributed by atoms with van der Waals surface area (Å²) >= 11 is 5.85. The molecule has 3 rings (SSSR count). The first-order chi connectivity index (χ1) is 11.0. The molecule has 0 radical (unpaired) electrons. The van der Waals surface area contributed by atoms with Crippen molar-refractivity contribution in [2.24, 2.45) is 0 Å². The van der Waals surface area contributed by atoms with Crippen LogP contribution in [0.1, 0.15) is 27.6 Å². The largest absolute Gasteiger partial charge is 0.466 e. The molecule has 23 heavy (non-hydrogen) atoms. The highest BCUT2D eigenvalue weighted by atomic mass is 35.5. The molecule has 6 heteroatoms. The van der Waals surface area contributed by atoms with E-state index in [2.05, 4.69) is 5.16 Å². The van der Waals surface area contributed by atoms with Gasteiger partial charge in [-0.3, -0.25) is 0 Å². The normalized spacial score (nSPS) is 10.7. The van der Waals surface area contributed by atoms with Crippen molar-refractivity contribution in [3.05, 3.63) is 64.2 Å². The minimum Gasteiger partial charge on any atom is -0.466 e. The maximum absolute atomic E-state index is 12.0. The Bertz CT molecular complexity index is 833. The lowest BCUT2D eigenvalue weighted by molar-refractivity contribution is 0.0462. The Morgan fingerprint density at radius 3 is 2.61 bits per heavy atom. The number of carbonyl (C=O) groups is 1. The number of benzene rings is 1. The van der Waals surface area contributed by atoms with Crippen molar-refractivity contribution in [2.45, 2.75) is 20.5 Å². The van der Waals surface area contributed by atoms with E-state index in [1.165, 1.54) is 0 Å². The molecule has 0 N–H and O–H groups in total. The molecule has 0 fully saturated rings. The second-order valence-electron chi connectivity index (χ2n) is 5.09. The first kappa shape index (κ1) is 15.4. The highest BCUT2D eigenvalue weighted by molar-refractivity contribution is 6.30. The molecule has 0 aliphatic carbocycles. The van der Waals surface area contributed by atoms with E-state index in [0.717, 1.165) is 5.56 Å². The highest BCUT2D eigenvalue weighted by Crippen LogP contribution is 2.23. The van der Waals surface area contributed by atoms with Crippen LogP contribution >= 0.6 is 11.6 Å². The number of hydrogen-bond donors (Lipinski definition) is 0. The lowest BCUT2D eigenvalue weighted by atomic mass is 10.2. The van der Waals surface area contributed by atoms with Crippen LogP contribution in [0.5, 0.6) is 0 Å². The van der Waals surface area contributed by atoms with Gasteiger partial charge in [0.05, 0.1) is 0 Å². The monoisotopic (exact) mass is 331 g/mol. The average Bonchev–Trinajstić information content (AvgIpc) is 3.12. The fourth-order valence-electron chi connectivity index (χ4n) is 2.18. The fraction of sp³-hybridized carbons (Fsp3) is 0.176. The molecule has 1 aromatic carbocycles. The van der Waals surface area contributed by atoms with Crippen LogP contribution in [0, 0.1) is 13.8 Å². The molecular formula is C17H14ClNO4. The van der Waals surface area contributed by atoms with Gasteiger partial charge in [0, 0.05) is 16.7 Å². The maximum atomic E-state index is 12.0. The predicted molar refractivity (Wildman–Crippen MR) is 84.3 cm³/mol. The van der Waals surface area contributed by atoms with Gasteiger partial charge in [0.25, 0.3) is 0 Å². The van der Waals surface area contributed by atoms with Gasteiger partial charge < -0.3 is 13.7 Å². The van der Waals surface area contributed by atoms with Crippen molar-refractivity contribution in [3.8, 4) is 11.3 Å². The second-order valence-corrected chi connectivity index (χ2v) is 5.53. The molecule has 2 heterocycles. The van der Waals surface area contributed by atoms with E-state index in [1.807, 2.05) is 12.1 Å². The summed E-state index contributed by atoms with van der Waals surface area (Å²) in [5.41, 5.74) is 1.80. The van der Waals surface area contributed by atoms with E-state index in [4.69, 9.17) is 25.3 Å². The number of furan rings is 1. The molecule has 0 aliphatic heterocycles. The molecular weight excluding hydrogens is 318 g/mol. The van der Waals surface area contributed by atoms with E-state index in [-0.39, 0.29) is 6.61 Å². The number of aryl methyl sites for hydroxylation is 2. The van der Waals surface area contributed by atoms with E-state index >= 15 is 0 Å². The van der Waals surface area contributed by atoms with Crippen LogP contribution in [0.2, 0.25) is 5.02 Å². The lowest BCUT2D eigenvalue weighted by Crippen LogP contribution is -2.05. The number of esters is 1. The SMILES string of the molecule is Cc1cc(C(=O)OCc2cc(-c3ccc(Cl)cc3)on2)c(C)o1. The molecule has 0 amide bonds. The topological polar surface area (TPSA) is 65.5 Å². The third kappa shape index (κ3) is 3.46. The molecule has 0 saturated carbocycles. The quantitative estimate of drug-likeness (QED) is 0.655. The fourth-order valence-corrected chi connectivity index (χ4v) is 2.31. The first-order valence-corrected chi connectivity index (χ1v) is 7.36. The van der Waals surface area contributed by atoms with Gasteiger partial charge in [-0.2, -0.15) is 0 Å². The van der Waals surface area contributed by atoms with Gasteiger partial charge in [-0.25, -0.2) is 4.79 Å². The molecule has 3 aromatic rings. The van der Waals surface area contributed by atoms with Crippen molar-refractivity contribution in [1.82, 2.24) is 5.16 Å². The van der Waals surface area contributed by atoms with Crippen LogP contribution in [0.4, 0.5) is 0 Å². The van der Waals surface area contributed by atoms with Crippen LogP contribution in [0.3, 0.4) is 0 Å². The van der Waals surface area contributed by atoms with Crippen molar-refractivity contribution in [3.63, 3.8) is 0 Å². The van der Waals surface area contributed by atoms with Gasteiger partial charge in [-0.05, 0) is 44.2 Å². The number of halogens is 1.